The molecule has 0 saturated heterocycles. The number of amides is 4. The lowest BCUT2D eigenvalue weighted by molar-refractivity contribution is -0.127. The minimum absolute atomic E-state index is 0.0933. The van der Waals surface area contributed by atoms with E-state index in [1.165, 1.54) is 34.1 Å². The van der Waals surface area contributed by atoms with Gasteiger partial charge in [-0.2, -0.15) is 0 Å². The second kappa shape index (κ2) is 11.6. The summed E-state index contributed by atoms with van der Waals surface area (Å²) in [6.07, 6.45) is 1.78. The first-order chi connectivity index (χ1) is 19.5. The molecule has 5 rings (SSSR count). The summed E-state index contributed by atoms with van der Waals surface area (Å²) >= 11 is 7.40. The fourth-order valence-corrected chi connectivity index (χ4v) is 6.05. The SMILES string of the molecule is CC(=O)N(c1nc(C2NC(=O)N(Cc3ccc(F)cc3F)C(C)=C2C(=O)N(C)Cc2cccc(Cl)c2)cs1)C1CC1. The number of nitrogens with zero attached hydrogens (tertiary/aromatic N) is 4. The summed E-state index contributed by atoms with van der Waals surface area (Å²) < 4.78 is 28.0. The number of aromatic nitrogens is 1. The van der Waals surface area contributed by atoms with E-state index in [4.69, 9.17) is 11.6 Å². The highest BCUT2D eigenvalue weighted by atomic mass is 35.5. The van der Waals surface area contributed by atoms with Crippen LogP contribution in [0.3, 0.4) is 0 Å². The topological polar surface area (TPSA) is 85.9 Å². The summed E-state index contributed by atoms with van der Waals surface area (Å²) in [7, 11) is 1.64. The molecule has 12 heteroatoms. The number of likely N-dealkylation sites (N-methyl/N-ethyl adjacent to an activating group) is 1. The van der Waals surface area contributed by atoms with Gasteiger partial charge < -0.3 is 10.2 Å². The third-order valence-electron chi connectivity index (χ3n) is 7.09. The summed E-state index contributed by atoms with van der Waals surface area (Å²) in [6, 6.07) is 8.89. The van der Waals surface area contributed by atoms with Gasteiger partial charge in [0.2, 0.25) is 5.91 Å². The van der Waals surface area contributed by atoms with Gasteiger partial charge in [0.25, 0.3) is 5.91 Å². The number of allylic oxidation sites excluding steroid dienone is 1. The van der Waals surface area contributed by atoms with E-state index >= 15 is 0 Å². The van der Waals surface area contributed by atoms with E-state index in [2.05, 4.69) is 10.3 Å². The Bertz CT molecular complexity index is 1560. The highest BCUT2D eigenvalue weighted by Gasteiger charge is 2.40. The van der Waals surface area contributed by atoms with Crippen molar-refractivity contribution in [1.82, 2.24) is 20.1 Å². The first kappa shape index (κ1) is 28.7. The van der Waals surface area contributed by atoms with Gasteiger partial charge >= 0.3 is 6.03 Å². The molecule has 214 valence electrons. The Hall–Kier alpha value is -3.83. The van der Waals surface area contributed by atoms with Gasteiger partial charge in [-0.1, -0.05) is 29.8 Å². The van der Waals surface area contributed by atoms with Gasteiger partial charge in [-0.25, -0.2) is 18.6 Å². The molecule has 3 aromatic rings. The second-order valence-electron chi connectivity index (χ2n) is 10.2. The molecule has 2 aromatic carbocycles. The summed E-state index contributed by atoms with van der Waals surface area (Å²) in [4.78, 5) is 48.8. The number of anilines is 1. The molecule has 2 aliphatic rings. The fourth-order valence-electron chi connectivity index (χ4n) is 4.88. The quantitative estimate of drug-likeness (QED) is 0.355. The molecule has 4 amide bonds. The number of nitrogens with one attached hydrogen (secondary N) is 1. The van der Waals surface area contributed by atoms with E-state index in [-0.39, 0.29) is 42.1 Å². The third kappa shape index (κ3) is 6.11. The van der Waals surface area contributed by atoms with Crippen molar-refractivity contribution in [3.8, 4) is 0 Å². The molecule has 1 unspecified atom stereocenters. The van der Waals surface area contributed by atoms with Gasteiger partial charge in [0.15, 0.2) is 5.13 Å². The number of urea groups is 1. The normalized spacial score (nSPS) is 17.0. The van der Waals surface area contributed by atoms with E-state index in [0.717, 1.165) is 30.5 Å². The predicted molar refractivity (Wildman–Crippen MR) is 152 cm³/mol. The van der Waals surface area contributed by atoms with Crippen molar-refractivity contribution in [1.29, 1.82) is 0 Å². The summed E-state index contributed by atoms with van der Waals surface area (Å²) in [5.41, 5.74) is 1.87. The number of carbonyl (C=O) groups excluding carboxylic acids is 3. The molecule has 8 nitrogen and oxygen atoms in total. The molecule has 0 spiro atoms. The first-order valence-corrected chi connectivity index (χ1v) is 14.3. The van der Waals surface area contributed by atoms with E-state index in [9.17, 15) is 23.2 Å². The fraction of sp³-hybridized carbons (Fsp3) is 0.310. The van der Waals surface area contributed by atoms with E-state index in [0.29, 0.717) is 21.5 Å². The van der Waals surface area contributed by atoms with Crippen LogP contribution in [0.4, 0.5) is 18.7 Å². The molecule has 2 heterocycles. The van der Waals surface area contributed by atoms with Crippen LogP contribution in [-0.2, 0) is 22.7 Å². The number of benzene rings is 2. The Morgan fingerprint density at radius 3 is 2.61 bits per heavy atom. The van der Waals surface area contributed by atoms with Crippen molar-refractivity contribution in [2.24, 2.45) is 0 Å². The number of halogens is 3. The number of rotatable bonds is 8. The van der Waals surface area contributed by atoms with Gasteiger partial charge in [-0.05, 0) is 43.5 Å². The molecule has 1 aliphatic heterocycles. The number of hydrogen-bond donors (Lipinski definition) is 1. The standard InChI is InChI=1S/C29H28ClF2N5O3S/c1-16-25(27(39)35(3)13-18-5-4-6-20(30)11-18)26(24-15-41-29(33-24)37(17(2)38)22-9-10-22)34-28(40)36(16)14-19-7-8-21(31)12-23(19)32/h4-8,11-12,15,22,26H,9-10,13-14H2,1-3H3,(H,34,40). The number of hydrogen-bond acceptors (Lipinski definition) is 5. The number of thiazole rings is 1. The Morgan fingerprint density at radius 2 is 1.95 bits per heavy atom. The second-order valence-corrected chi connectivity index (χ2v) is 11.4. The third-order valence-corrected chi connectivity index (χ3v) is 8.18. The molecular weight excluding hydrogens is 572 g/mol. The highest BCUT2D eigenvalue weighted by molar-refractivity contribution is 7.14. The Labute approximate surface area is 245 Å². The largest absolute Gasteiger partial charge is 0.338 e. The minimum atomic E-state index is -0.913. The minimum Gasteiger partial charge on any atom is -0.338 e. The van der Waals surface area contributed by atoms with Crippen LogP contribution in [-0.4, -0.2) is 45.7 Å². The van der Waals surface area contributed by atoms with Crippen molar-refractivity contribution in [3.63, 3.8) is 0 Å². The zero-order valence-electron chi connectivity index (χ0n) is 22.7. The molecule has 1 saturated carbocycles. The highest BCUT2D eigenvalue weighted by Crippen LogP contribution is 2.38. The maximum absolute atomic E-state index is 14.5. The predicted octanol–water partition coefficient (Wildman–Crippen LogP) is 5.79. The van der Waals surface area contributed by atoms with E-state index < -0.39 is 23.7 Å². The smallest absolute Gasteiger partial charge is 0.322 e. The first-order valence-electron chi connectivity index (χ1n) is 13.0. The molecule has 1 N–H and O–H groups in total. The van der Waals surface area contributed by atoms with Crippen molar-refractivity contribution in [3.05, 3.63) is 92.6 Å². The van der Waals surface area contributed by atoms with Crippen LogP contribution in [0.15, 0.2) is 59.1 Å². The average molecular weight is 600 g/mol. The maximum Gasteiger partial charge on any atom is 0.322 e. The van der Waals surface area contributed by atoms with Crippen LogP contribution in [0.2, 0.25) is 5.02 Å². The maximum atomic E-state index is 14.5. The molecule has 1 atom stereocenters. The molecule has 0 bridgehead atoms. The van der Waals surface area contributed by atoms with Crippen molar-refractivity contribution in [2.45, 2.75) is 51.9 Å². The molecule has 41 heavy (non-hydrogen) atoms. The zero-order chi connectivity index (χ0) is 29.4. The van der Waals surface area contributed by atoms with Crippen LogP contribution in [0.1, 0.15) is 49.6 Å². The summed E-state index contributed by atoms with van der Waals surface area (Å²) in [5, 5.41) is 5.62. The van der Waals surface area contributed by atoms with Crippen LogP contribution in [0.5, 0.6) is 0 Å². The van der Waals surface area contributed by atoms with Gasteiger partial charge in [0, 0.05) is 54.3 Å². The van der Waals surface area contributed by atoms with Crippen molar-refractivity contribution >= 4 is 45.9 Å². The lowest BCUT2D eigenvalue weighted by Crippen LogP contribution is -2.49. The Kier molecular flexibility index (Phi) is 8.10. The molecule has 1 fully saturated rings. The van der Waals surface area contributed by atoms with Crippen molar-refractivity contribution in [2.75, 3.05) is 11.9 Å². The van der Waals surface area contributed by atoms with Gasteiger partial charge in [0.1, 0.15) is 17.7 Å². The molecule has 0 radical (unpaired) electrons. The molecule has 1 aliphatic carbocycles. The van der Waals surface area contributed by atoms with Crippen LogP contribution in [0.25, 0.3) is 0 Å². The Balaban J connectivity index is 1.52. The van der Waals surface area contributed by atoms with Gasteiger partial charge in [0.05, 0.1) is 17.8 Å². The average Bonchev–Trinajstić information content (AvgIpc) is 3.62. The van der Waals surface area contributed by atoms with Crippen molar-refractivity contribution < 1.29 is 23.2 Å². The number of carbonyl (C=O) groups is 3. The molecule has 1 aromatic heterocycles. The van der Waals surface area contributed by atoms with E-state index in [1.54, 1.807) is 42.5 Å². The monoisotopic (exact) mass is 599 g/mol. The summed E-state index contributed by atoms with van der Waals surface area (Å²) in [6.45, 7) is 3.13. The van der Waals surface area contributed by atoms with Crippen LogP contribution < -0.4 is 10.2 Å². The molecular formula is C29H28ClF2N5O3S. The lowest BCUT2D eigenvalue weighted by atomic mass is 9.97. The zero-order valence-corrected chi connectivity index (χ0v) is 24.2. The lowest BCUT2D eigenvalue weighted by Gasteiger charge is -2.36. The van der Waals surface area contributed by atoms with Crippen LogP contribution in [0, 0.1) is 11.6 Å². The van der Waals surface area contributed by atoms with Crippen LogP contribution >= 0.6 is 22.9 Å². The Morgan fingerprint density at radius 1 is 1.20 bits per heavy atom. The summed E-state index contributed by atoms with van der Waals surface area (Å²) in [5.74, 6) is -2.03. The van der Waals surface area contributed by atoms with E-state index in [1.807, 2.05) is 6.07 Å². The van der Waals surface area contributed by atoms with Gasteiger partial charge in [-0.15, -0.1) is 11.3 Å². The van der Waals surface area contributed by atoms with Gasteiger partial charge in [-0.3, -0.25) is 19.4 Å².